The summed E-state index contributed by atoms with van der Waals surface area (Å²) in [6.45, 7) is 4.08. The summed E-state index contributed by atoms with van der Waals surface area (Å²) in [6.07, 6.45) is 0.652. The van der Waals surface area contributed by atoms with Gasteiger partial charge in [-0.25, -0.2) is 12.8 Å². The van der Waals surface area contributed by atoms with Gasteiger partial charge < -0.3 is 5.73 Å². The van der Waals surface area contributed by atoms with Gasteiger partial charge in [-0.15, -0.1) is 0 Å². The fraction of sp³-hybridized carbons (Fsp3) is 0.500. The molecule has 1 aromatic carbocycles. The van der Waals surface area contributed by atoms with Gasteiger partial charge >= 0.3 is 0 Å². The number of rotatable bonds is 6. The summed E-state index contributed by atoms with van der Waals surface area (Å²) in [7, 11) is -3.88. The normalized spacial score (nSPS) is 12.1. The zero-order chi connectivity index (χ0) is 14.6. The van der Waals surface area contributed by atoms with E-state index in [2.05, 4.69) is 0 Å². The van der Waals surface area contributed by atoms with Crippen molar-refractivity contribution >= 4 is 21.6 Å². The van der Waals surface area contributed by atoms with E-state index in [0.29, 0.717) is 13.0 Å². The van der Waals surface area contributed by atoms with Crippen LogP contribution in [0.1, 0.15) is 25.8 Å². The van der Waals surface area contributed by atoms with Crippen LogP contribution in [-0.2, 0) is 16.6 Å². The predicted molar refractivity (Wildman–Crippen MR) is 74.0 cm³/mol. The van der Waals surface area contributed by atoms with E-state index in [1.165, 1.54) is 10.4 Å². The second-order valence-corrected chi connectivity index (χ2v) is 6.42. The molecule has 0 unspecified atom stereocenters. The lowest BCUT2D eigenvalue weighted by molar-refractivity contribution is 0.422. The Hall–Kier alpha value is -0.690. The second kappa shape index (κ2) is 6.65. The van der Waals surface area contributed by atoms with Gasteiger partial charge in [-0.3, -0.25) is 0 Å². The van der Waals surface area contributed by atoms with E-state index in [4.69, 9.17) is 17.3 Å². The first-order chi connectivity index (χ1) is 8.88. The van der Waals surface area contributed by atoms with Gasteiger partial charge in [0.15, 0.2) is 0 Å². The Balaban J connectivity index is 3.39. The molecule has 4 nitrogen and oxygen atoms in total. The van der Waals surface area contributed by atoms with Crippen LogP contribution in [0, 0.1) is 5.82 Å². The van der Waals surface area contributed by atoms with Crippen molar-refractivity contribution in [2.75, 3.05) is 13.1 Å². The third kappa shape index (κ3) is 3.45. The van der Waals surface area contributed by atoms with Crippen molar-refractivity contribution < 1.29 is 12.8 Å². The molecule has 0 radical (unpaired) electrons. The Kier molecular flexibility index (Phi) is 5.73. The Morgan fingerprint density at radius 2 is 2.00 bits per heavy atom. The van der Waals surface area contributed by atoms with E-state index >= 15 is 0 Å². The number of nitrogens with zero attached hydrogens (tertiary/aromatic N) is 1. The van der Waals surface area contributed by atoms with Crippen LogP contribution in [-0.4, -0.2) is 25.8 Å². The molecule has 7 heteroatoms. The maximum Gasteiger partial charge on any atom is 0.246 e. The van der Waals surface area contributed by atoms with Crippen molar-refractivity contribution in [3.05, 3.63) is 28.5 Å². The first-order valence-corrected chi connectivity index (χ1v) is 7.88. The summed E-state index contributed by atoms with van der Waals surface area (Å²) in [5.74, 6) is -0.818. The molecule has 1 rings (SSSR count). The van der Waals surface area contributed by atoms with Crippen LogP contribution >= 0.6 is 11.6 Å². The van der Waals surface area contributed by atoms with Gasteiger partial charge in [-0.2, -0.15) is 4.31 Å². The van der Waals surface area contributed by atoms with Crippen LogP contribution in [0.5, 0.6) is 0 Å². The van der Waals surface area contributed by atoms with Gasteiger partial charge in [0.2, 0.25) is 10.0 Å². The highest BCUT2D eigenvalue weighted by atomic mass is 35.5. The molecule has 2 N–H and O–H groups in total. The van der Waals surface area contributed by atoms with Crippen molar-refractivity contribution in [1.29, 1.82) is 0 Å². The van der Waals surface area contributed by atoms with Crippen LogP contribution in [0.4, 0.5) is 4.39 Å². The molecule has 19 heavy (non-hydrogen) atoms. The Morgan fingerprint density at radius 1 is 1.37 bits per heavy atom. The van der Waals surface area contributed by atoms with E-state index < -0.39 is 20.7 Å². The SMILES string of the molecule is CCCN(CC)S(=O)(=O)c1cc(Cl)cc(CN)c1F. The highest BCUT2D eigenvalue weighted by molar-refractivity contribution is 7.89. The second-order valence-electron chi connectivity index (χ2n) is 4.08. The first-order valence-electron chi connectivity index (χ1n) is 6.06. The van der Waals surface area contributed by atoms with Gasteiger partial charge in [0.05, 0.1) is 0 Å². The molecular formula is C12H18ClFN2O2S. The van der Waals surface area contributed by atoms with Crippen molar-refractivity contribution in [3.63, 3.8) is 0 Å². The molecule has 0 fully saturated rings. The van der Waals surface area contributed by atoms with Gasteiger partial charge in [0.1, 0.15) is 10.7 Å². The minimum atomic E-state index is -3.88. The molecule has 0 heterocycles. The summed E-state index contributed by atoms with van der Waals surface area (Å²) in [5.41, 5.74) is 5.49. The lowest BCUT2D eigenvalue weighted by atomic mass is 10.2. The summed E-state index contributed by atoms with van der Waals surface area (Å²) in [4.78, 5) is -0.407. The molecule has 0 saturated carbocycles. The summed E-state index contributed by atoms with van der Waals surface area (Å²) in [5, 5.41) is 0.160. The molecule has 0 aliphatic heterocycles. The van der Waals surface area contributed by atoms with Crippen molar-refractivity contribution in [2.24, 2.45) is 5.73 Å². The molecule has 1 aromatic rings. The maximum atomic E-state index is 14.1. The molecule has 0 spiro atoms. The van der Waals surface area contributed by atoms with E-state index in [-0.39, 0.29) is 23.7 Å². The van der Waals surface area contributed by atoms with Crippen molar-refractivity contribution in [2.45, 2.75) is 31.7 Å². The average molecular weight is 309 g/mol. The number of benzene rings is 1. The largest absolute Gasteiger partial charge is 0.326 e. The predicted octanol–water partition coefficient (Wildman–Crippen LogP) is 2.36. The summed E-state index contributed by atoms with van der Waals surface area (Å²) >= 11 is 5.83. The topological polar surface area (TPSA) is 63.4 Å². The average Bonchev–Trinajstić information content (AvgIpc) is 2.37. The van der Waals surface area contributed by atoms with Gasteiger partial charge in [-0.05, 0) is 18.6 Å². The van der Waals surface area contributed by atoms with Crippen molar-refractivity contribution in [1.82, 2.24) is 4.31 Å². The summed E-state index contributed by atoms with van der Waals surface area (Å²) < 4.78 is 40.1. The monoisotopic (exact) mass is 308 g/mol. The van der Waals surface area contributed by atoms with Crippen LogP contribution in [0.25, 0.3) is 0 Å². The van der Waals surface area contributed by atoms with Gasteiger partial charge in [-0.1, -0.05) is 25.4 Å². The van der Waals surface area contributed by atoms with E-state index in [0.717, 1.165) is 6.07 Å². The number of sulfonamides is 1. The number of hydrogen-bond acceptors (Lipinski definition) is 3. The molecule has 0 atom stereocenters. The third-order valence-corrected chi connectivity index (χ3v) is 4.93. The fourth-order valence-corrected chi connectivity index (χ4v) is 3.77. The Bertz CT molecular complexity index is 549. The third-order valence-electron chi connectivity index (χ3n) is 2.74. The lowest BCUT2D eigenvalue weighted by Gasteiger charge is -2.20. The van der Waals surface area contributed by atoms with Crippen LogP contribution < -0.4 is 5.73 Å². The summed E-state index contributed by atoms with van der Waals surface area (Å²) in [6, 6.07) is 2.47. The van der Waals surface area contributed by atoms with E-state index in [1.807, 2.05) is 6.92 Å². The lowest BCUT2D eigenvalue weighted by Crippen LogP contribution is -2.32. The molecule has 0 aromatic heterocycles. The molecule has 108 valence electrons. The highest BCUT2D eigenvalue weighted by Gasteiger charge is 2.27. The zero-order valence-corrected chi connectivity index (χ0v) is 12.6. The number of halogens is 2. The molecule has 0 saturated heterocycles. The standard InChI is InChI=1S/C12H18ClFN2O2S/c1-3-5-16(4-2)19(17,18)11-7-10(13)6-9(8-15)12(11)14/h6-7H,3-5,8,15H2,1-2H3. The van der Waals surface area contributed by atoms with Gasteiger partial charge in [0, 0.05) is 30.2 Å². The van der Waals surface area contributed by atoms with E-state index in [1.54, 1.807) is 6.92 Å². The van der Waals surface area contributed by atoms with Crippen LogP contribution in [0.3, 0.4) is 0 Å². The maximum absolute atomic E-state index is 14.1. The fourth-order valence-electron chi connectivity index (χ4n) is 1.79. The molecule has 0 aliphatic carbocycles. The smallest absolute Gasteiger partial charge is 0.246 e. The zero-order valence-electron chi connectivity index (χ0n) is 11.0. The number of hydrogen-bond donors (Lipinski definition) is 1. The minimum absolute atomic E-state index is 0.0960. The van der Waals surface area contributed by atoms with Crippen LogP contribution in [0.15, 0.2) is 17.0 Å². The molecule has 0 aliphatic rings. The van der Waals surface area contributed by atoms with Crippen LogP contribution in [0.2, 0.25) is 5.02 Å². The quantitative estimate of drug-likeness (QED) is 0.877. The molecular weight excluding hydrogens is 291 g/mol. The van der Waals surface area contributed by atoms with Gasteiger partial charge in [0.25, 0.3) is 0 Å². The first kappa shape index (κ1) is 16.4. The molecule has 0 bridgehead atoms. The number of nitrogens with two attached hydrogens (primary N) is 1. The molecule has 0 amide bonds. The van der Waals surface area contributed by atoms with Crippen molar-refractivity contribution in [3.8, 4) is 0 Å². The Labute approximate surface area is 118 Å². The Morgan fingerprint density at radius 3 is 2.47 bits per heavy atom. The minimum Gasteiger partial charge on any atom is -0.326 e. The highest BCUT2D eigenvalue weighted by Crippen LogP contribution is 2.26. The van der Waals surface area contributed by atoms with E-state index in [9.17, 15) is 12.8 Å².